The molecule has 0 saturated carbocycles. The first kappa shape index (κ1) is 16.3. The zero-order valence-corrected chi connectivity index (χ0v) is 14.6. The van der Waals surface area contributed by atoms with Crippen molar-refractivity contribution >= 4 is 27.3 Å². The van der Waals surface area contributed by atoms with Crippen molar-refractivity contribution in [2.45, 2.75) is 38.1 Å². The molecule has 2 aliphatic rings. The molecule has 7 heteroatoms. The summed E-state index contributed by atoms with van der Waals surface area (Å²) in [5.74, 6) is 0.0657. The number of anilines is 2. The second-order valence-electron chi connectivity index (χ2n) is 6.97. The molecule has 0 atom stereocenters. The summed E-state index contributed by atoms with van der Waals surface area (Å²) in [6.45, 7) is 4.74. The van der Waals surface area contributed by atoms with Crippen LogP contribution in [0.25, 0.3) is 0 Å². The highest BCUT2D eigenvalue weighted by molar-refractivity contribution is 7.88. The lowest BCUT2D eigenvalue weighted by atomic mass is 9.86. The fraction of sp³-hybridized carbons (Fsp3) is 0.562. The molecule has 0 radical (unpaired) electrons. The monoisotopic (exact) mass is 337 g/mol. The van der Waals surface area contributed by atoms with E-state index in [1.54, 1.807) is 0 Å². The van der Waals surface area contributed by atoms with Crippen LogP contribution in [0.15, 0.2) is 18.2 Å². The first-order chi connectivity index (χ1) is 10.6. The third-order valence-electron chi connectivity index (χ3n) is 4.96. The van der Waals surface area contributed by atoms with E-state index >= 15 is 0 Å². The summed E-state index contributed by atoms with van der Waals surface area (Å²) in [4.78, 5) is 14.8. The molecular weight excluding hydrogens is 314 g/mol. The Morgan fingerprint density at radius 1 is 1.22 bits per heavy atom. The summed E-state index contributed by atoms with van der Waals surface area (Å²) in [6, 6.07) is 5.62. The van der Waals surface area contributed by atoms with Gasteiger partial charge in [0.25, 0.3) is 0 Å². The van der Waals surface area contributed by atoms with Gasteiger partial charge < -0.3 is 10.6 Å². The summed E-state index contributed by atoms with van der Waals surface area (Å²) in [5.41, 5.74) is 7.80. The number of amides is 1. The Kier molecular flexibility index (Phi) is 3.68. The number of hydrogen-bond donors (Lipinski definition) is 1. The number of benzene rings is 1. The van der Waals surface area contributed by atoms with E-state index in [-0.39, 0.29) is 11.9 Å². The van der Waals surface area contributed by atoms with Crippen molar-refractivity contribution in [1.82, 2.24) is 4.31 Å². The molecular formula is C16H23N3O3S. The number of hydrogen-bond acceptors (Lipinski definition) is 4. The minimum absolute atomic E-state index is 0.0321. The normalized spacial score (nSPS) is 22.4. The van der Waals surface area contributed by atoms with E-state index in [9.17, 15) is 13.2 Å². The molecule has 1 aromatic rings. The minimum atomic E-state index is -3.16. The Labute approximate surface area is 137 Å². The van der Waals surface area contributed by atoms with E-state index in [1.165, 1.54) is 10.6 Å². The zero-order chi connectivity index (χ0) is 17.0. The summed E-state index contributed by atoms with van der Waals surface area (Å²) in [5, 5.41) is 0. The van der Waals surface area contributed by atoms with Crippen molar-refractivity contribution in [3.8, 4) is 0 Å². The van der Waals surface area contributed by atoms with Crippen molar-refractivity contribution in [2.75, 3.05) is 30.0 Å². The van der Waals surface area contributed by atoms with Crippen molar-refractivity contribution in [3.63, 3.8) is 0 Å². The maximum Gasteiger partial charge on any atom is 0.237 e. The average molecular weight is 337 g/mol. The van der Waals surface area contributed by atoms with Gasteiger partial charge in [-0.2, -0.15) is 0 Å². The van der Waals surface area contributed by atoms with Gasteiger partial charge >= 0.3 is 0 Å². The van der Waals surface area contributed by atoms with Crippen LogP contribution in [0.1, 0.15) is 32.3 Å². The molecule has 1 saturated heterocycles. The molecule has 2 aliphatic heterocycles. The molecule has 0 unspecified atom stereocenters. The number of carbonyl (C=O) groups excluding carboxylic acids is 1. The second-order valence-corrected chi connectivity index (χ2v) is 8.95. The summed E-state index contributed by atoms with van der Waals surface area (Å²) < 4.78 is 24.8. The first-order valence-corrected chi connectivity index (χ1v) is 9.66. The molecule has 0 aliphatic carbocycles. The Balaban J connectivity index is 1.89. The van der Waals surface area contributed by atoms with Gasteiger partial charge in [-0.25, -0.2) is 12.7 Å². The summed E-state index contributed by atoms with van der Waals surface area (Å²) >= 11 is 0. The van der Waals surface area contributed by atoms with Crippen LogP contribution in [0.2, 0.25) is 0 Å². The predicted octanol–water partition coefficient (Wildman–Crippen LogP) is 1.32. The van der Waals surface area contributed by atoms with Gasteiger partial charge in [-0.05, 0) is 50.5 Å². The van der Waals surface area contributed by atoms with Crippen LogP contribution in [0.5, 0.6) is 0 Å². The van der Waals surface area contributed by atoms with Gasteiger partial charge in [0.1, 0.15) is 0 Å². The number of nitrogen functional groups attached to an aromatic ring is 1. The number of nitrogens with two attached hydrogens (primary N) is 1. The van der Waals surface area contributed by atoms with Gasteiger partial charge in [0.05, 0.1) is 11.7 Å². The molecule has 1 amide bonds. The maximum atomic E-state index is 12.9. The minimum Gasteiger partial charge on any atom is -0.399 e. The van der Waals surface area contributed by atoms with E-state index in [0.29, 0.717) is 31.6 Å². The molecule has 2 heterocycles. The summed E-state index contributed by atoms with van der Waals surface area (Å²) in [6.07, 6.45) is 2.53. The Morgan fingerprint density at radius 3 is 2.39 bits per heavy atom. The van der Waals surface area contributed by atoms with Crippen molar-refractivity contribution < 1.29 is 13.2 Å². The number of nitrogens with zero attached hydrogens (tertiary/aromatic N) is 2. The lowest BCUT2D eigenvalue weighted by molar-refractivity contribution is -0.122. The van der Waals surface area contributed by atoms with Crippen LogP contribution in [-0.2, 0) is 20.2 Å². The van der Waals surface area contributed by atoms with Crippen molar-refractivity contribution in [2.24, 2.45) is 0 Å². The molecule has 1 fully saturated rings. The van der Waals surface area contributed by atoms with Crippen LogP contribution < -0.4 is 10.6 Å². The molecule has 0 aromatic heterocycles. The van der Waals surface area contributed by atoms with E-state index in [2.05, 4.69) is 0 Å². The van der Waals surface area contributed by atoms with E-state index in [4.69, 9.17) is 5.73 Å². The molecule has 126 valence electrons. The van der Waals surface area contributed by atoms with Crippen LogP contribution >= 0.6 is 0 Å². The van der Waals surface area contributed by atoms with Gasteiger partial charge in [0.15, 0.2) is 0 Å². The van der Waals surface area contributed by atoms with Gasteiger partial charge in [-0.3, -0.25) is 4.79 Å². The van der Waals surface area contributed by atoms with Gasteiger partial charge in [-0.1, -0.05) is 0 Å². The van der Waals surface area contributed by atoms with E-state index < -0.39 is 15.4 Å². The lowest BCUT2D eigenvalue weighted by Gasteiger charge is -2.36. The Bertz CT molecular complexity index is 750. The largest absolute Gasteiger partial charge is 0.399 e. The zero-order valence-electron chi connectivity index (χ0n) is 13.7. The third-order valence-corrected chi connectivity index (χ3v) is 6.27. The average Bonchev–Trinajstić information content (AvgIpc) is 2.66. The highest BCUT2D eigenvalue weighted by Crippen LogP contribution is 2.44. The Hall–Kier alpha value is -1.60. The number of piperidine rings is 1. The fourth-order valence-corrected chi connectivity index (χ4v) is 4.46. The molecule has 0 bridgehead atoms. The lowest BCUT2D eigenvalue weighted by Crippen LogP contribution is -2.49. The second kappa shape index (κ2) is 5.21. The van der Waals surface area contributed by atoms with Gasteiger partial charge in [0, 0.05) is 30.5 Å². The molecule has 2 N–H and O–H groups in total. The molecule has 6 nitrogen and oxygen atoms in total. The number of fused-ring (bicyclic) bond motifs is 1. The molecule has 1 aromatic carbocycles. The molecule has 23 heavy (non-hydrogen) atoms. The Morgan fingerprint density at radius 2 is 1.83 bits per heavy atom. The highest BCUT2D eigenvalue weighted by Gasteiger charge is 2.47. The third kappa shape index (κ3) is 2.61. The van der Waals surface area contributed by atoms with Crippen LogP contribution in [0.3, 0.4) is 0 Å². The molecule has 3 rings (SSSR count). The quantitative estimate of drug-likeness (QED) is 0.825. The summed E-state index contributed by atoms with van der Waals surface area (Å²) in [7, 11) is -3.16. The number of carbonyl (C=O) groups is 1. The topological polar surface area (TPSA) is 83.7 Å². The van der Waals surface area contributed by atoms with Gasteiger partial charge in [0.2, 0.25) is 15.9 Å². The van der Waals surface area contributed by atoms with Crippen LogP contribution in [-0.4, -0.2) is 44.0 Å². The first-order valence-electron chi connectivity index (χ1n) is 7.81. The fourth-order valence-electron chi connectivity index (χ4n) is 3.58. The van der Waals surface area contributed by atoms with Crippen LogP contribution in [0.4, 0.5) is 11.4 Å². The smallest absolute Gasteiger partial charge is 0.237 e. The van der Waals surface area contributed by atoms with E-state index in [1.807, 2.05) is 36.9 Å². The highest BCUT2D eigenvalue weighted by atomic mass is 32.2. The van der Waals surface area contributed by atoms with E-state index in [0.717, 1.165) is 11.3 Å². The van der Waals surface area contributed by atoms with Crippen LogP contribution in [0, 0.1) is 0 Å². The molecule has 0 spiro atoms. The standard InChI is InChI=1S/C16H23N3O3S/c1-16(2)13-10-11(17)4-5-14(13)19(15(16)20)12-6-8-18(9-7-12)23(3,21)22/h4-5,10,12H,6-9,17H2,1-3H3. The predicted molar refractivity (Wildman–Crippen MR) is 90.8 cm³/mol. The maximum absolute atomic E-state index is 12.9. The number of rotatable bonds is 2. The van der Waals surface area contributed by atoms with Crippen molar-refractivity contribution in [3.05, 3.63) is 23.8 Å². The van der Waals surface area contributed by atoms with Crippen molar-refractivity contribution in [1.29, 1.82) is 0 Å². The SMILES string of the molecule is CC1(C)C(=O)N(C2CCN(S(C)(=O)=O)CC2)c2ccc(N)cc21. The number of sulfonamides is 1. The van der Waals surface area contributed by atoms with Gasteiger partial charge in [-0.15, -0.1) is 0 Å².